The molecular formula is C24H21N3O2S. The molecule has 0 radical (unpaired) electrons. The predicted octanol–water partition coefficient (Wildman–Crippen LogP) is 4.93. The van der Waals surface area contributed by atoms with Gasteiger partial charge in [0, 0.05) is 22.5 Å². The van der Waals surface area contributed by atoms with E-state index in [0.717, 1.165) is 33.9 Å². The fraction of sp³-hybridized carbons (Fsp3) is 0.167. The van der Waals surface area contributed by atoms with Crippen molar-refractivity contribution in [3.05, 3.63) is 93.8 Å². The molecule has 3 heterocycles. The van der Waals surface area contributed by atoms with Crippen LogP contribution in [0.5, 0.6) is 5.75 Å². The lowest BCUT2D eigenvalue weighted by atomic mass is 10.0. The van der Waals surface area contributed by atoms with Crippen molar-refractivity contribution in [3.8, 4) is 17.0 Å². The molecule has 0 fully saturated rings. The minimum absolute atomic E-state index is 0.00610. The Morgan fingerprint density at radius 3 is 2.57 bits per heavy atom. The Labute approximate surface area is 178 Å². The number of thiophene rings is 1. The minimum atomic E-state index is -0.132. The second-order valence-corrected chi connectivity index (χ2v) is 8.22. The number of carbonyl (C=O) groups excluding carboxylic acids is 1. The molecule has 1 aliphatic rings. The summed E-state index contributed by atoms with van der Waals surface area (Å²) in [5.41, 5.74) is 4.56. The number of hydrogen-bond donors (Lipinski definition) is 1. The number of rotatable bonds is 6. The van der Waals surface area contributed by atoms with Gasteiger partial charge in [0.25, 0.3) is 5.91 Å². The molecule has 0 saturated carbocycles. The number of nitrogens with one attached hydrogen (secondary N) is 1. The average molecular weight is 416 g/mol. The third-order valence-corrected chi connectivity index (χ3v) is 6.45. The van der Waals surface area contributed by atoms with E-state index < -0.39 is 0 Å². The smallest absolute Gasteiger partial charge is 0.273 e. The number of ether oxygens (including phenoxy) is 1. The first-order valence-electron chi connectivity index (χ1n) is 9.87. The largest absolute Gasteiger partial charge is 0.497 e. The van der Waals surface area contributed by atoms with Crippen LogP contribution in [0.4, 0.5) is 0 Å². The molecule has 5 nitrogen and oxygen atoms in total. The third kappa shape index (κ3) is 3.19. The first-order valence-corrected chi connectivity index (χ1v) is 10.7. The molecule has 1 amide bonds. The van der Waals surface area contributed by atoms with E-state index in [1.54, 1.807) is 18.4 Å². The lowest BCUT2D eigenvalue weighted by molar-refractivity contribution is 0.0748. The number of hydrogen-bond acceptors (Lipinski definition) is 4. The Kier molecular flexibility index (Phi) is 4.85. The Morgan fingerprint density at radius 1 is 1.07 bits per heavy atom. The summed E-state index contributed by atoms with van der Waals surface area (Å²) in [7, 11) is 1.65. The zero-order valence-corrected chi connectivity index (χ0v) is 17.4. The third-order valence-electron chi connectivity index (χ3n) is 5.52. The van der Waals surface area contributed by atoms with E-state index in [4.69, 9.17) is 4.74 Å². The lowest BCUT2D eigenvalue weighted by Crippen LogP contribution is -2.31. The molecule has 1 unspecified atom stereocenters. The Balaban J connectivity index is 1.53. The van der Waals surface area contributed by atoms with Crippen LogP contribution in [0.1, 0.15) is 32.5 Å². The molecule has 1 aliphatic heterocycles. The first-order chi connectivity index (χ1) is 14.8. The van der Waals surface area contributed by atoms with Gasteiger partial charge in [0.2, 0.25) is 0 Å². The summed E-state index contributed by atoms with van der Waals surface area (Å²) < 4.78 is 5.28. The molecule has 0 spiro atoms. The second-order valence-electron chi connectivity index (χ2n) is 7.24. The maximum absolute atomic E-state index is 13.3. The summed E-state index contributed by atoms with van der Waals surface area (Å²) >= 11 is 1.67. The summed E-state index contributed by atoms with van der Waals surface area (Å²) in [6.07, 6.45) is 0.810. The Morgan fingerprint density at radius 2 is 1.87 bits per heavy atom. The van der Waals surface area contributed by atoms with Crippen molar-refractivity contribution in [3.63, 3.8) is 0 Å². The van der Waals surface area contributed by atoms with Gasteiger partial charge in [-0.1, -0.05) is 36.4 Å². The molecule has 2 aromatic carbocycles. The van der Waals surface area contributed by atoms with Crippen LogP contribution in [0, 0.1) is 0 Å². The highest BCUT2D eigenvalue weighted by molar-refractivity contribution is 7.10. The summed E-state index contributed by atoms with van der Waals surface area (Å²) in [5, 5.41) is 9.59. The van der Waals surface area contributed by atoms with E-state index in [1.807, 2.05) is 53.4 Å². The van der Waals surface area contributed by atoms with Crippen LogP contribution in [-0.2, 0) is 6.42 Å². The van der Waals surface area contributed by atoms with E-state index in [2.05, 4.69) is 33.8 Å². The van der Waals surface area contributed by atoms with Crippen molar-refractivity contribution in [2.24, 2.45) is 0 Å². The molecular weight excluding hydrogens is 394 g/mol. The van der Waals surface area contributed by atoms with Crippen LogP contribution in [0.25, 0.3) is 11.3 Å². The van der Waals surface area contributed by atoms with E-state index >= 15 is 0 Å². The number of H-pyrrole nitrogens is 1. The van der Waals surface area contributed by atoms with Gasteiger partial charge in [0.15, 0.2) is 0 Å². The summed E-state index contributed by atoms with van der Waals surface area (Å²) in [6, 6.07) is 22.1. The summed E-state index contributed by atoms with van der Waals surface area (Å²) in [5.74, 6) is 0.799. The van der Waals surface area contributed by atoms with Crippen LogP contribution < -0.4 is 4.74 Å². The first kappa shape index (κ1) is 18.6. The SMILES string of the molecule is COc1ccc(-c2n[nH]c3c2C(c2cccs2)N(CCc2ccccc2)C3=O)cc1. The topological polar surface area (TPSA) is 58.2 Å². The van der Waals surface area contributed by atoms with Crippen molar-refractivity contribution in [2.75, 3.05) is 13.7 Å². The zero-order valence-electron chi connectivity index (χ0n) is 16.5. The number of fused-ring (bicyclic) bond motifs is 1. The maximum atomic E-state index is 13.3. The van der Waals surface area contributed by atoms with Gasteiger partial charge in [-0.3, -0.25) is 9.89 Å². The van der Waals surface area contributed by atoms with Crippen LogP contribution in [0.2, 0.25) is 0 Å². The van der Waals surface area contributed by atoms with Crippen molar-refractivity contribution < 1.29 is 9.53 Å². The average Bonchev–Trinajstić information content (AvgIpc) is 3.52. The normalized spacial score (nSPS) is 15.4. The quantitative estimate of drug-likeness (QED) is 0.486. The van der Waals surface area contributed by atoms with Gasteiger partial charge in [-0.05, 0) is 47.7 Å². The number of methoxy groups -OCH3 is 1. The monoisotopic (exact) mass is 415 g/mol. The van der Waals surface area contributed by atoms with Gasteiger partial charge in [-0.15, -0.1) is 11.3 Å². The molecule has 0 aliphatic carbocycles. The van der Waals surface area contributed by atoms with Crippen molar-refractivity contribution in [1.29, 1.82) is 0 Å². The molecule has 0 saturated heterocycles. The highest BCUT2D eigenvalue weighted by atomic mass is 32.1. The zero-order chi connectivity index (χ0) is 20.5. The van der Waals surface area contributed by atoms with Gasteiger partial charge in [0.1, 0.15) is 11.4 Å². The van der Waals surface area contributed by atoms with Crippen LogP contribution >= 0.6 is 11.3 Å². The molecule has 0 bridgehead atoms. The van der Waals surface area contributed by atoms with Gasteiger partial charge >= 0.3 is 0 Å². The molecule has 5 rings (SSSR count). The molecule has 30 heavy (non-hydrogen) atoms. The van der Waals surface area contributed by atoms with Crippen LogP contribution in [0.3, 0.4) is 0 Å². The fourth-order valence-corrected chi connectivity index (χ4v) is 4.88. The van der Waals surface area contributed by atoms with Gasteiger partial charge in [-0.25, -0.2) is 0 Å². The number of amides is 1. The van der Waals surface area contributed by atoms with Gasteiger partial charge in [0.05, 0.1) is 18.8 Å². The van der Waals surface area contributed by atoms with E-state index in [-0.39, 0.29) is 11.9 Å². The fourth-order valence-electron chi connectivity index (χ4n) is 4.03. The lowest BCUT2D eigenvalue weighted by Gasteiger charge is -2.25. The van der Waals surface area contributed by atoms with Crippen LogP contribution in [-0.4, -0.2) is 34.7 Å². The highest BCUT2D eigenvalue weighted by Crippen LogP contribution is 2.44. The van der Waals surface area contributed by atoms with Crippen molar-refractivity contribution >= 4 is 17.2 Å². The molecule has 2 aromatic heterocycles. The van der Waals surface area contributed by atoms with Crippen molar-refractivity contribution in [1.82, 2.24) is 15.1 Å². The van der Waals surface area contributed by atoms with Gasteiger partial charge in [-0.2, -0.15) is 5.10 Å². The number of carbonyl (C=O) groups is 1. The van der Waals surface area contributed by atoms with Gasteiger partial charge < -0.3 is 9.64 Å². The number of benzene rings is 2. The molecule has 1 atom stereocenters. The molecule has 6 heteroatoms. The predicted molar refractivity (Wildman–Crippen MR) is 118 cm³/mol. The Hall–Kier alpha value is -3.38. The summed E-state index contributed by atoms with van der Waals surface area (Å²) in [6.45, 7) is 0.649. The number of nitrogens with zero attached hydrogens (tertiary/aromatic N) is 2. The molecule has 150 valence electrons. The maximum Gasteiger partial charge on any atom is 0.273 e. The van der Waals surface area contributed by atoms with Crippen molar-refractivity contribution in [2.45, 2.75) is 12.5 Å². The van der Waals surface area contributed by atoms with E-state index in [1.165, 1.54) is 5.56 Å². The van der Waals surface area contributed by atoms with E-state index in [9.17, 15) is 4.79 Å². The molecule has 4 aromatic rings. The van der Waals surface area contributed by atoms with Crippen LogP contribution in [0.15, 0.2) is 72.1 Å². The highest BCUT2D eigenvalue weighted by Gasteiger charge is 2.42. The minimum Gasteiger partial charge on any atom is -0.497 e. The Bertz CT molecular complexity index is 1150. The number of aromatic nitrogens is 2. The second kappa shape index (κ2) is 7.80. The summed E-state index contributed by atoms with van der Waals surface area (Å²) in [4.78, 5) is 16.4. The number of aromatic amines is 1. The van der Waals surface area contributed by atoms with E-state index in [0.29, 0.717) is 12.2 Å². The molecule has 1 N–H and O–H groups in total. The standard InChI is InChI=1S/C24H21N3O2S/c1-29-18-11-9-17(10-12-18)21-20-22(26-25-21)24(28)27(23(20)19-8-5-15-30-19)14-13-16-6-3-2-4-7-16/h2-12,15,23H,13-14H2,1H3,(H,25,26).